The summed E-state index contributed by atoms with van der Waals surface area (Å²) in [5.41, 5.74) is 5.74. The Kier molecular flexibility index (Phi) is 4.52. The summed E-state index contributed by atoms with van der Waals surface area (Å²) in [6.45, 7) is 6.39. The van der Waals surface area contributed by atoms with Crippen LogP contribution < -0.4 is 11.1 Å². The van der Waals surface area contributed by atoms with E-state index < -0.39 is 0 Å². The molecule has 0 aliphatic carbocycles. The van der Waals surface area contributed by atoms with Gasteiger partial charge in [-0.1, -0.05) is 6.92 Å². The summed E-state index contributed by atoms with van der Waals surface area (Å²) in [4.78, 5) is 0. The Morgan fingerprint density at radius 2 is 2.27 bits per heavy atom. The maximum absolute atomic E-state index is 8.86. The second kappa shape index (κ2) is 5.25. The Labute approximate surface area is 92.2 Å². The Balaban J connectivity index is 2.63. The van der Waals surface area contributed by atoms with Crippen LogP contribution in [0.5, 0.6) is 0 Å². The fourth-order valence-electron chi connectivity index (χ4n) is 2.29. The molecule has 4 heteroatoms. The molecule has 0 amide bonds. The summed E-state index contributed by atoms with van der Waals surface area (Å²) < 4.78 is 5.79. The van der Waals surface area contributed by atoms with E-state index in [1.807, 2.05) is 0 Å². The Morgan fingerprint density at radius 3 is 2.80 bits per heavy atom. The van der Waals surface area contributed by atoms with Crippen LogP contribution in [0.25, 0.3) is 0 Å². The number of nitrogens with one attached hydrogen (secondary N) is 1. The Hall–Kier alpha value is -0.160. The summed E-state index contributed by atoms with van der Waals surface area (Å²) in [6.07, 6.45) is 2.85. The normalized spacial score (nSPS) is 36.8. The zero-order valence-corrected chi connectivity index (χ0v) is 9.88. The maximum Gasteiger partial charge on any atom is 0.0670 e. The minimum atomic E-state index is -0.0694. The highest BCUT2D eigenvalue weighted by Crippen LogP contribution is 2.33. The summed E-state index contributed by atoms with van der Waals surface area (Å²) in [5.74, 6) is 0. The average Bonchev–Trinajstić information content (AvgIpc) is 2.27. The second-order valence-corrected chi connectivity index (χ2v) is 4.71. The molecule has 1 aliphatic rings. The van der Waals surface area contributed by atoms with Gasteiger partial charge in [0, 0.05) is 25.2 Å². The van der Waals surface area contributed by atoms with Crippen LogP contribution in [0.2, 0.25) is 0 Å². The lowest BCUT2D eigenvalue weighted by molar-refractivity contribution is -0.0997. The minimum absolute atomic E-state index is 0.0499. The highest BCUT2D eigenvalue weighted by Gasteiger charge is 2.40. The topological polar surface area (TPSA) is 67.5 Å². The van der Waals surface area contributed by atoms with Gasteiger partial charge in [-0.3, -0.25) is 0 Å². The van der Waals surface area contributed by atoms with Crippen molar-refractivity contribution in [3.05, 3.63) is 0 Å². The summed E-state index contributed by atoms with van der Waals surface area (Å²) in [6, 6.07) is 0. The Morgan fingerprint density at radius 1 is 1.53 bits per heavy atom. The van der Waals surface area contributed by atoms with E-state index >= 15 is 0 Å². The number of aliphatic hydroxyl groups is 1. The lowest BCUT2D eigenvalue weighted by atomic mass is 9.79. The lowest BCUT2D eigenvalue weighted by Gasteiger charge is -2.46. The molecule has 0 aromatic rings. The van der Waals surface area contributed by atoms with Gasteiger partial charge in [-0.15, -0.1) is 0 Å². The molecule has 1 aliphatic heterocycles. The van der Waals surface area contributed by atoms with Crippen molar-refractivity contribution < 1.29 is 9.84 Å². The SMILES string of the molecule is CCC1(C)CC(CN)(NCCO)CCO1. The molecule has 0 saturated carbocycles. The highest BCUT2D eigenvalue weighted by molar-refractivity contribution is 4.98. The average molecular weight is 216 g/mol. The zero-order chi connectivity index (χ0) is 11.4. The van der Waals surface area contributed by atoms with Gasteiger partial charge < -0.3 is 20.9 Å². The van der Waals surface area contributed by atoms with Crippen molar-refractivity contribution in [2.24, 2.45) is 5.73 Å². The molecule has 1 saturated heterocycles. The van der Waals surface area contributed by atoms with Crippen LogP contribution in [0.15, 0.2) is 0 Å². The summed E-state index contributed by atoms with van der Waals surface area (Å²) in [7, 11) is 0. The fourth-order valence-corrected chi connectivity index (χ4v) is 2.29. The number of rotatable bonds is 5. The summed E-state index contributed by atoms with van der Waals surface area (Å²) in [5, 5.41) is 12.2. The van der Waals surface area contributed by atoms with Crippen molar-refractivity contribution in [2.45, 2.75) is 44.2 Å². The van der Waals surface area contributed by atoms with Crippen molar-refractivity contribution in [1.82, 2.24) is 5.32 Å². The van der Waals surface area contributed by atoms with Gasteiger partial charge in [0.25, 0.3) is 0 Å². The van der Waals surface area contributed by atoms with Gasteiger partial charge in [0.1, 0.15) is 0 Å². The molecule has 15 heavy (non-hydrogen) atoms. The lowest BCUT2D eigenvalue weighted by Crippen LogP contribution is -2.60. The standard InChI is InChI=1S/C11H24N2O2/c1-3-10(2)8-11(9-12,4-7-15-10)13-5-6-14/h13-14H,3-9,12H2,1-2H3. The minimum Gasteiger partial charge on any atom is -0.395 e. The maximum atomic E-state index is 8.86. The van der Waals surface area contributed by atoms with E-state index in [0.717, 1.165) is 25.9 Å². The van der Waals surface area contributed by atoms with Gasteiger partial charge in [0.2, 0.25) is 0 Å². The van der Waals surface area contributed by atoms with Gasteiger partial charge in [-0.05, 0) is 26.2 Å². The van der Waals surface area contributed by atoms with Gasteiger partial charge in [0.15, 0.2) is 0 Å². The van der Waals surface area contributed by atoms with Crippen LogP contribution in [0.1, 0.15) is 33.1 Å². The molecule has 1 rings (SSSR count). The number of hydrogen-bond acceptors (Lipinski definition) is 4. The third kappa shape index (κ3) is 3.14. The third-order valence-corrected chi connectivity index (χ3v) is 3.49. The van der Waals surface area contributed by atoms with Gasteiger partial charge in [-0.2, -0.15) is 0 Å². The van der Waals surface area contributed by atoms with Crippen molar-refractivity contribution in [1.29, 1.82) is 0 Å². The van der Waals surface area contributed by atoms with E-state index in [0.29, 0.717) is 13.1 Å². The number of hydrogen-bond donors (Lipinski definition) is 3. The number of aliphatic hydroxyl groups excluding tert-OH is 1. The first-order valence-corrected chi connectivity index (χ1v) is 5.80. The smallest absolute Gasteiger partial charge is 0.0670 e. The third-order valence-electron chi connectivity index (χ3n) is 3.49. The first-order valence-electron chi connectivity index (χ1n) is 5.80. The van der Waals surface area contributed by atoms with Crippen LogP contribution in [-0.2, 0) is 4.74 Å². The zero-order valence-electron chi connectivity index (χ0n) is 9.88. The van der Waals surface area contributed by atoms with Crippen LogP contribution in [-0.4, -0.2) is 42.5 Å². The van der Waals surface area contributed by atoms with E-state index in [1.54, 1.807) is 0 Å². The quantitative estimate of drug-likeness (QED) is 0.616. The number of nitrogens with two attached hydrogens (primary N) is 1. The predicted octanol–water partition coefficient (Wildman–Crippen LogP) is 0.245. The molecule has 4 N–H and O–H groups in total. The highest BCUT2D eigenvalue weighted by atomic mass is 16.5. The van der Waals surface area contributed by atoms with Crippen LogP contribution in [0.4, 0.5) is 0 Å². The molecule has 1 heterocycles. The van der Waals surface area contributed by atoms with Crippen molar-refractivity contribution in [2.75, 3.05) is 26.3 Å². The molecule has 4 nitrogen and oxygen atoms in total. The summed E-state index contributed by atoms with van der Waals surface area (Å²) >= 11 is 0. The molecule has 0 spiro atoms. The molecular weight excluding hydrogens is 192 g/mol. The van der Waals surface area contributed by atoms with Crippen molar-refractivity contribution >= 4 is 0 Å². The fraction of sp³-hybridized carbons (Fsp3) is 1.00. The number of β-amino-alcohol motifs (C(OH)–C–C–N with tert-alkyl or cyclic N) is 1. The molecule has 0 bridgehead atoms. The molecule has 2 atom stereocenters. The van der Waals surface area contributed by atoms with E-state index in [2.05, 4.69) is 19.2 Å². The van der Waals surface area contributed by atoms with Crippen molar-refractivity contribution in [3.63, 3.8) is 0 Å². The van der Waals surface area contributed by atoms with E-state index in [9.17, 15) is 0 Å². The van der Waals surface area contributed by atoms with E-state index in [4.69, 9.17) is 15.6 Å². The van der Waals surface area contributed by atoms with Crippen molar-refractivity contribution in [3.8, 4) is 0 Å². The second-order valence-electron chi connectivity index (χ2n) is 4.71. The first-order chi connectivity index (χ1) is 7.10. The van der Waals surface area contributed by atoms with E-state index in [1.165, 1.54) is 0 Å². The van der Waals surface area contributed by atoms with Gasteiger partial charge >= 0.3 is 0 Å². The molecule has 0 aromatic heterocycles. The molecular formula is C11H24N2O2. The predicted molar refractivity (Wildman–Crippen MR) is 60.8 cm³/mol. The number of ether oxygens (including phenoxy) is 1. The molecule has 90 valence electrons. The van der Waals surface area contributed by atoms with Gasteiger partial charge in [0.05, 0.1) is 12.2 Å². The largest absolute Gasteiger partial charge is 0.395 e. The van der Waals surface area contributed by atoms with Crippen LogP contribution in [0.3, 0.4) is 0 Å². The molecule has 0 radical (unpaired) electrons. The van der Waals surface area contributed by atoms with E-state index in [-0.39, 0.29) is 17.7 Å². The molecule has 2 unspecified atom stereocenters. The van der Waals surface area contributed by atoms with Gasteiger partial charge in [-0.25, -0.2) is 0 Å². The molecule has 1 fully saturated rings. The van der Waals surface area contributed by atoms with Crippen LogP contribution in [0, 0.1) is 0 Å². The Bertz CT molecular complexity index is 201. The monoisotopic (exact) mass is 216 g/mol. The first kappa shape index (κ1) is 12.9. The molecule has 0 aromatic carbocycles. The van der Waals surface area contributed by atoms with Crippen LogP contribution >= 0.6 is 0 Å².